The molecule has 0 aliphatic carbocycles. The van der Waals surface area contributed by atoms with E-state index in [1.807, 2.05) is 0 Å². The molecule has 0 saturated carbocycles. The summed E-state index contributed by atoms with van der Waals surface area (Å²) in [7, 11) is 4.21. The van der Waals surface area contributed by atoms with Gasteiger partial charge in [0.1, 0.15) is 0 Å². The zero-order valence-corrected chi connectivity index (χ0v) is 8.88. The van der Waals surface area contributed by atoms with Crippen LogP contribution in [0.25, 0.3) is 0 Å². The number of aryl methyl sites for hydroxylation is 1. The van der Waals surface area contributed by atoms with Gasteiger partial charge in [0.05, 0.1) is 0 Å². The summed E-state index contributed by atoms with van der Waals surface area (Å²) in [4.78, 5) is 2.20. The van der Waals surface area contributed by atoms with Crippen LogP contribution in [0.2, 0.25) is 0 Å². The van der Waals surface area contributed by atoms with Crippen LogP contribution < -0.4 is 0 Å². The Bertz CT molecular complexity index is 253. The lowest BCUT2D eigenvalue weighted by molar-refractivity contribution is 0.402. The summed E-state index contributed by atoms with van der Waals surface area (Å²) >= 11 is 0. The molecule has 13 heavy (non-hydrogen) atoms. The average molecular weight is 177 g/mol. The Morgan fingerprint density at radius 1 is 1.15 bits per heavy atom. The summed E-state index contributed by atoms with van der Waals surface area (Å²) < 4.78 is 0. The molecule has 72 valence electrons. The van der Waals surface area contributed by atoms with E-state index in [2.05, 4.69) is 50.2 Å². The van der Waals surface area contributed by atoms with Crippen LogP contribution in [0.5, 0.6) is 0 Å². The van der Waals surface area contributed by atoms with Crippen molar-refractivity contribution in [1.82, 2.24) is 4.90 Å². The highest BCUT2D eigenvalue weighted by molar-refractivity contribution is 5.23. The first-order valence-corrected chi connectivity index (χ1v) is 4.95. The van der Waals surface area contributed by atoms with Crippen molar-refractivity contribution in [3.05, 3.63) is 35.4 Å². The van der Waals surface area contributed by atoms with E-state index in [1.54, 1.807) is 0 Å². The van der Waals surface area contributed by atoms with E-state index in [4.69, 9.17) is 0 Å². The van der Waals surface area contributed by atoms with E-state index >= 15 is 0 Å². The van der Waals surface area contributed by atoms with Gasteiger partial charge in [-0.3, -0.25) is 0 Å². The SMILES string of the molecule is CCCc1cccc(CN(C)C)c1. The molecule has 1 rings (SSSR count). The molecule has 1 nitrogen and oxygen atoms in total. The van der Waals surface area contributed by atoms with Crippen LogP contribution in [0.4, 0.5) is 0 Å². The Morgan fingerprint density at radius 3 is 2.46 bits per heavy atom. The molecule has 0 N–H and O–H groups in total. The maximum Gasteiger partial charge on any atom is 0.0227 e. The van der Waals surface area contributed by atoms with Crippen molar-refractivity contribution in [2.24, 2.45) is 0 Å². The topological polar surface area (TPSA) is 3.24 Å². The van der Waals surface area contributed by atoms with Crippen LogP contribution >= 0.6 is 0 Å². The first-order valence-electron chi connectivity index (χ1n) is 4.95. The van der Waals surface area contributed by atoms with Crippen molar-refractivity contribution < 1.29 is 0 Å². The predicted molar refractivity (Wildman–Crippen MR) is 57.8 cm³/mol. The summed E-state index contributed by atoms with van der Waals surface area (Å²) in [5, 5.41) is 0. The van der Waals surface area contributed by atoms with Crippen LogP contribution in [-0.2, 0) is 13.0 Å². The van der Waals surface area contributed by atoms with Crippen molar-refractivity contribution in [3.63, 3.8) is 0 Å². The second-order valence-corrected chi connectivity index (χ2v) is 3.81. The molecule has 0 aliphatic rings. The van der Waals surface area contributed by atoms with Crippen molar-refractivity contribution in [3.8, 4) is 0 Å². The molecule has 1 aromatic rings. The number of benzene rings is 1. The van der Waals surface area contributed by atoms with Crippen LogP contribution in [0.3, 0.4) is 0 Å². The van der Waals surface area contributed by atoms with Gasteiger partial charge in [-0.15, -0.1) is 0 Å². The first kappa shape index (κ1) is 10.3. The summed E-state index contributed by atoms with van der Waals surface area (Å²) in [6.45, 7) is 3.26. The maximum absolute atomic E-state index is 2.31. The fraction of sp³-hybridized carbons (Fsp3) is 0.500. The fourth-order valence-corrected chi connectivity index (χ4v) is 1.54. The van der Waals surface area contributed by atoms with Gasteiger partial charge in [0.15, 0.2) is 0 Å². The maximum atomic E-state index is 2.31. The molecule has 0 saturated heterocycles. The van der Waals surface area contributed by atoms with Crippen LogP contribution in [-0.4, -0.2) is 19.0 Å². The van der Waals surface area contributed by atoms with Crippen LogP contribution in [0, 0.1) is 0 Å². The van der Waals surface area contributed by atoms with Crippen molar-refractivity contribution >= 4 is 0 Å². The van der Waals surface area contributed by atoms with Gasteiger partial charge in [-0.25, -0.2) is 0 Å². The Labute approximate surface area is 81.4 Å². The van der Waals surface area contributed by atoms with Gasteiger partial charge < -0.3 is 4.90 Å². The molecule has 0 aromatic heterocycles. The quantitative estimate of drug-likeness (QED) is 0.683. The van der Waals surface area contributed by atoms with Gasteiger partial charge in [0.25, 0.3) is 0 Å². The summed E-state index contributed by atoms with van der Waals surface area (Å²) in [6.07, 6.45) is 2.42. The van der Waals surface area contributed by atoms with Crippen molar-refractivity contribution in [2.45, 2.75) is 26.3 Å². The highest BCUT2D eigenvalue weighted by Crippen LogP contribution is 2.08. The lowest BCUT2D eigenvalue weighted by Crippen LogP contribution is -2.10. The Balaban J connectivity index is 2.67. The Morgan fingerprint density at radius 2 is 1.85 bits per heavy atom. The van der Waals surface area contributed by atoms with Gasteiger partial charge >= 0.3 is 0 Å². The molecule has 0 bridgehead atoms. The largest absolute Gasteiger partial charge is 0.305 e. The monoisotopic (exact) mass is 177 g/mol. The molecular formula is C12H19N. The Kier molecular flexibility index (Phi) is 3.97. The normalized spacial score (nSPS) is 10.8. The molecular weight excluding hydrogens is 158 g/mol. The lowest BCUT2D eigenvalue weighted by atomic mass is 10.1. The number of nitrogens with zero attached hydrogens (tertiary/aromatic N) is 1. The third-order valence-corrected chi connectivity index (χ3v) is 2.03. The zero-order valence-electron chi connectivity index (χ0n) is 8.88. The van der Waals surface area contributed by atoms with Gasteiger partial charge in [0.2, 0.25) is 0 Å². The molecule has 0 radical (unpaired) electrons. The van der Waals surface area contributed by atoms with Crippen molar-refractivity contribution in [1.29, 1.82) is 0 Å². The third-order valence-electron chi connectivity index (χ3n) is 2.03. The highest BCUT2D eigenvalue weighted by Gasteiger charge is 1.96. The smallest absolute Gasteiger partial charge is 0.0227 e. The number of rotatable bonds is 4. The standard InChI is InChI=1S/C12H19N/c1-4-6-11-7-5-8-12(9-11)10-13(2)3/h5,7-9H,4,6,10H2,1-3H3. The van der Waals surface area contributed by atoms with Crippen LogP contribution in [0.1, 0.15) is 24.5 Å². The van der Waals surface area contributed by atoms with Gasteiger partial charge in [-0.2, -0.15) is 0 Å². The first-order chi connectivity index (χ1) is 6.22. The molecule has 0 aliphatic heterocycles. The van der Waals surface area contributed by atoms with Crippen molar-refractivity contribution in [2.75, 3.05) is 14.1 Å². The van der Waals surface area contributed by atoms with E-state index in [-0.39, 0.29) is 0 Å². The molecule has 0 spiro atoms. The van der Waals surface area contributed by atoms with Gasteiger partial charge in [-0.05, 0) is 31.6 Å². The van der Waals surface area contributed by atoms with E-state index in [0.29, 0.717) is 0 Å². The van der Waals surface area contributed by atoms with E-state index in [9.17, 15) is 0 Å². The predicted octanol–water partition coefficient (Wildman–Crippen LogP) is 2.70. The molecule has 1 aromatic carbocycles. The molecule has 0 amide bonds. The minimum Gasteiger partial charge on any atom is -0.305 e. The fourth-order valence-electron chi connectivity index (χ4n) is 1.54. The zero-order chi connectivity index (χ0) is 9.68. The number of hydrogen-bond donors (Lipinski definition) is 0. The third kappa shape index (κ3) is 3.60. The molecule has 0 fully saturated rings. The lowest BCUT2D eigenvalue weighted by Gasteiger charge is -2.10. The summed E-state index contributed by atoms with van der Waals surface area (Å²) in [5.74, 6) is 0. The highest BCUT2D eigenvalue weighted by atomic mass is 15.0. The minimum atomic E-state index is 1.04. The Hall–Kier alpha value is -0.820. The molecule has 0 heterocycles. The second kappa shape index (κ2) is 5.03. The van der Waals surface area contributed by atoms with Crippen LogP contribution in [0.15, 0.2) is 24.3 Å². The molecule has 0 unspecified atom stereocenters. The van der Waals surface area contributed by atoms with Gasteiger partial charge in [-0.1, -0.05) is 37.6 Å². The second-order valence-electron chi connectivity index (χ2n) is 3.81. The van der Waals surface area contributed by atoms with E-state index in [1.165, 1.54) is 24.0 Å². The summed E-state index contributed by atoms with van der Waals surface area (Å²) in [5.41, 5.74) is 2.87. The van der Waals surface area contributed by atoms with Gasteiger partial charge in [0, 0.05) is 6.54 Å². The number of hydrogen-bond acceptors (Lipinski definition) is 1. The summed E-state index contributed by atoms with van der Waals surface area (Å²) in [6, 6.07) is 8.87. The average Bonchev–Trinajstić information content (AvgIpc) is 2.04. The minimum absolute atomic E-state index is 1.04. The van der Waals surface area contributed by atoms with E-state index < -0.39 is 0 Å². The van der Waals surface area contributed by atoms with E-state index in [0.717, 1.165) is 6.54 Å². The molecule has 1 heteroatoms. The molecule has 0 atom stereocenters.